The molecule has 0 spiro atoms. The molecule has 102 valence electrons. The standard InChI is InChI=1S/C16H11BO3S/c18-17-20-16-8-7-15(21-16)10-5-6-14-12(9-10)11-3-1-2-4-13(11)19-14/h1-9,17-18H. The van der Waals surface area contributed by atoms with Crippen molar-refractivity contribution in [2.24, 2.45) is 0 Å². The summed E-state index contributed by atoms with van der Waals surface area (Å²) in [5.74, 6) is 0. The first-order valence-corrected chi connectivity index (χ1v) is 7.42. The molecule has 0 aliphatic carbocycles. The van der Waals surface area contributed by atoms with Crippen LogP contribution in [0.5, 0.6) is 5.06 Å². The molecule has 0 atom stereocenters. The van der Waals surface area contributed by atoms with E-state index in [0.717, 1.165) is 32.4 Å². The van der Waals surface area contributed by atoms with Gasteiger partial charge in [0.1, 0.15) is 11.2 Å². The zero-order valence-electron chi connectivity index (χ0n) is 11.1. The third kappa shape index (κ3) is 2.11. The Labute approximate surface area is 125 Å². The van der Waals surface area contributed by atoms with Gasteiger partial charge in [0.25, 0.3) is 0 Å². The van der Waals surface area contributed by atoms with Crippen LogP contribution in [-0.4, -0.2) is 12.7 Å². The fraction of sp³-hybridized carbons (Fsp3) is 0. The van der Waals surface area contributed by atoms with Crippen LogP contribution in [0.2, 0.25) is 0 Å². The van der Waals surface area contributed by atoms with Crippen molar-refractivity contribution in [3.8, 4) is 15.5 Å². The minimum absolute atomic E-state index is 0.300. The highest BCUT2D eigenvalue weighted by molar-refractivity contribution is 7.17. The summed E-state index contributed by atoms with van der Waals surface area (Å²) in [5.41, 5.74) is 2.91. The molecule has 0 fully saturated rings. The minimum atomic E-state index is -0.300. The summed E-state index contributed by atoms with van der Waals surface area (Å²) in [4.78, 5) is 1.10. The van der Waals surface area contributed by atoms with Gasteiger partial charge in [0.15, 0.2) is 5.06 Å². The van der Waals surface area contributed by atoms with Crippen LogP contribution >= 0.6 is 11.3 Å². The Morgan fingerprint density at radius 2 is 1.81 bits per heavy atom. The molecular weight excluding hydrogens is 283 g/mol. The average Bonchev–Trinajstić information content (AvgIpc) is 3.11. The minimum Gasteiger partial charge on any atom is -0.531 e. The molecule has 2 aromatic heterocycles. The average molecular weight is 294 g/mol. The van der Waals surface area contributed by atoms with Gasteiger partial charge in [-0.05, 0) is 42.0 Å². The summed E-state index contributed by atoms with van der Waals surface area (Å²) in [5, 5.41) is 11.8. The van der Waals surface area contributed by atoms with Crippen LogP contribution in [0.4, 0.5) is 0 Å². The Hall–Kier alpha value is -2.24. The molecule has 4 aromatic rings. The number of fused-ring (bicyclic) bond motifs is 3. The molecule has 0 aliphatic rings. The lowest BCUT2D eigenvalue weighted by molar-refractivity contribution is 0.461. The molecule has 21 heavy (non-hydrogen) atoms. The molecule has 0 radical (unpaired) electrons. The molecule has 5 heteroatoms. The number of furan rings is 1. The van der Waals surface area contributed by atoms with Crippen LogP contribution in [0.3, 0.4) is 0 Å². The lowest BCUT2D eigenvalue weighted by atomic mass is 10.1. The fourth-order valence-corrected chi connectivity index (χ4v) is 3.34. The number of rotatable bonds is 3. The number of para-hydroxylation sites is 1. The van der Waals surface area contributed by atoms with Crippen molar-refractivity contribution < 1.29 is 14.1 Å². The Morgan fingerprint density at radius 1 is 0.952 bits per heavy atom. The lowest BCUT2D eigenvalue weighted by Crippen LogP contribution is -1.97. The van der Waals surface area contributed by atoms with Gasteiger partial charge in [-0.3, -0.25) is 0 Å². The van der Waals surface area contributed by atoms with Gasteiger partial charge in [-0.25, -0.2) is 0 Å². The predicted octanol–water partition coefficient (Wildman–Crippen LogP) is 3.95. The summed E-state index contributed by atoms with van der Waals surface area (Å²) in [6.07, 6.45) is 0. The van der Waals surface area contributed by atoms with Crippen molar-refractivity contribution in [3.05, 3.63) is 54.6 Å². The molecule has 2 aromatic carbocycles. The van der Waals surface area contributed by atoms with Crippen molar-refractivity contribution >= 4 is 41.0 Å². The maximum absolute atomic E-state index is 8.80. The van der Waals surface area contributed by atoms with Gasteiger partial charge >= 0.3 is 7.69 Å². The molecule has 0 amide bonds. The molecular formula is C16H11BO3S. The van der Waals surface area contributed by atoms with E-state index >= 15 is 0 Å². The third-order valence-corrected chi connectivity index (χ3v) is 4.50. The van der Waals surface area contributed by atoms with Gasteiger partial charge in [0.2, 0.25) is 0 Å². The van der Waals surface area contributed by atoms with Gasteiger partial charge in [-0.2, -0.15) is 0 Å². The summed E-state index contributed by atoms with van der Waals surface area (Å²) in [6, 6.07) is 18.1. The smallest absolute Gasteiger partial charge is 0.504 e. The largest absolute Gasteiger partial charge is 0.531 e. The quantitative estimate of drug-likeness (QED) is 0.582. The van der Waals surface area contributed by atoms with Crippen molar-refractivity contribution in [1.29, 1.82) is 0 Å². The van der Waals surface area contributed by atoms with E-state index in [-0.39, 0.29) is 7.69 Å². The number of hydrogen-bond acceptors (Lipinski definition) is 4. The predicted molar refractivity (Wildman–Crippen MR) is 87.0 cm³/mol. The molecule has 1 N–H and O–H groups in total. The van der Waals surface area contributed by atoms with Crippen molar-refractivity contribution in [2.75, 3.05) is 0 Å². The number of thiophene rings is 1. The van der Waals surface area contributed by atoms with Crippen LogP contribution < -0.4 is 4.65 Å². The highest BCUT2D eigenvalue weighted by atomic mass is 32.1. The normalized spacial score (nSPS) is 11.1. The maximum Gasteiger partial charge on any atom is 0.504 e. The van der Waals surface area contributed by atoms with E-state index < -0.39 is 0 Å². The van der Waals surface area contributed by atoms with Crippen LogP contribution in [0, 0.1) is 0 Å². The molecule has 2 heterocycles. The van der Waals surface area contributed by atoms with Gasteiger partial charge in [-0.1, -0.05) is 18.2 Å². The van der Waals surface area contributed by atoms with Crippen LogP contribution in [-0.2, 0) is 0 Å². The molecule has 4 rings (SSSR count). The second-order valence-electron chi connectivity index (χ2n) is 4.70. The molecule has 3 nitrogen and oxygen atoms in total. The Balaban J connectivity index is 1.87. The first-order chi connectivity index (χ1) is 10.3. The van der Waals surface area contributed by atoms with Crippen LogP contribution in [0.15, 0.2) is 59.0 Å². The third-order valence-electron chi connectivity index (χ3n) is 3.45. The van der Waals surface area contributed by atoms with Crippen molar-refractivity contribution in [1.82, 2.24) is 0 Å². The van der Waals surface area contributed by atoms with E-state index in [1.54, 1.807) is 0 Å². The summed E-state index contributed by atoms with van der Waals surface area (Å²) in [7, 11) is -0.300. The highest BCUT2D eigenvalue weighted by Gasteiger charge is 2.09. The Morgan fingerprint density at radius 3 is 2.71 bits per heavy atom. The molecule has 0 saturated heterocycles. The summed E-state index contributed by atoms with van der Waals surface area (Å²) in [6.45, 7) is 0. The maximum atomic E-state index is 8.80. The topological polar surface area (TPSA) is 42.6 Å². The van der Waals surface area contributed by atoms with Gasteiger partial charge in [0.05, 0.1) is 0 Å². The lowest BCUT2D eigenvalue weighted by Gasteiger charge is -1.98. The van der Waals surface area contributed by atoms with E-state index in [1.165, 1.54) is 11.3 Å². The molecule has 0 bridgehead atoms. The molecule has 0 saturated carbocycles. The van der Waals surface area contributed by atoms with E-state index in [9.17, 15) is 0 Å². The fourth-order valence-electron chi connectivity index (χ4n) is 2.50. The second-order valence-corrected chi connectivity index (χ2v) is 5.75. The van der Waals surface area contributed by atoms with E-state index in [1.807, 2.05) is 42.5 Å². The molecule has 0 aliphatic heterocycles. The zero-order valence-corrected chi connectivity index (χ0v) is 11.9. The summed E-state index contributed by atoms with van der Waals surface area (Å²) >= 11 is 1.51. The van der Waals surface area contributed by atoms with Gasteiger partial charge in [-0.15, -0.1) is 11.3 Å². The number of hydrogen-bond donors (Lipinski definition) is 1. The van der Waals surface area contributed by atoms with Gasteiger partial charge in [0, 0.05) is 15.6 Å². The SMILES string of the molecule is OBOc1ccc(-c2ccc3oc4ccccc4c3c2)s1. The zero-order chi connectivity index (χ0) is 14.2. The van der Waals surface area contributed by atoms with Crippen LogP contribution in [0.1, 0.15) is 0 Å². The highest BCUT2D eigenvalue weighted by Crippen LogP contribution is 2.36. The van der Waals surface area contributed by atoms with Crippen molar-refractivity contribution in [2.45, 2.75) is 0 Å². The Bertz CT molecular complexity index is 925. The van der Waals surface area contributed by atoms with Crippen LogP contribution in [0.25, 0.3) is 32.4 Å². The monoisotopic (exact) mass is 294 g/mol. The Kier molecular flexibility index (Phi) is 2.95. The van der Waals surface area contributed by atoms with Gasteiger partial charge < -0.3 is 14.1 Å². The first kappa shape index (κ1) is 12.5. The molecule has 0 unspecified atom stereocenters. The van der Waals surface area contributed by atoms with E-state index in [2.05, 4.69) is 12.1 Å². The van der Waals surface area contributed by atoms with E-state index in [0.29, 0.717) is 5.06 Å². The first-order valence-electron chi connectivity index (χ1n) is 6.60. The number of benzene rings is 2. The second kappa shape index (κ2) is 4.95. The summed E-state index contributed by atoms with van der Waals surface area (Å²) < 4.78 is 10.9. The van der Waals surface area contributed by atoms with E-state index in [4.69, 9.17) is 14.1 Å². The van der Waals surface area contributed by atoms with Crippen molar-refractivity contribution in [3.63, 3.8) is 0 Å².